The number of hydrogen-bond donors (Lipinski definition) is 1. The van der Waals surface area contributed by atoms with E-state index in [0.29, 0.717) is 12.8 Å². The van der Waals surface area contributed by atoms with Crippen molar-refractivity contribution in [2.75, 3.05) is 13.2 Å². The number of aliphatic hydroxyl groups excluding tert-OH is 1. The van der Waals surface area contributed by atoms with Crippen molar-refractivity contribution in [1.29, 1.82) is 0 Å². The van der Waals surface area contributed by atoms with E-state index in [1.165, 1.54) is 347 Å². The maximum Gasteiger partial charge on any atom is 0.306 e. The molecule has 0 radical (unpaired) electrons. The van der Waals surface area contributed by atoms with Gasteiger partial charge in [0.1, 0.15) is 6.61 Å². The van der Waals surface area contributed by atoms with Crippen molar-refractivity contribution in [3.63, 3.8) is 0 Å². The van der Waals surface area contributed by atoms with E-state index in [1.54, 1.807) is 0 Å². The lowest BCUT2D eigenvalue weighted by atomic mass is 10.0. The molecule has 0 amide bonds. The summed E-state index contributed by atoms with van der Waals surface area (Å²) in [6, 6.07) is 0. The molecular weight excluding hydrogens is 993 g/mol. The van der Waals surface area contributed by atoms with Gasteiger partial charge < -0.3 is 14.6 Å². The van der Waals surface area contributed by atoms with Crippen molar-refractivity contribution in [3.05, 3.63) is 36.5 Å². The molecule has 0 aliphatic heterocycles. The van der Waals surface area contributed by atoms with Crippen LogP contribution in [0.1, 0.15) is 418 Å². The number of unbranched alkanes of at least 4 members (excludes halogenated alkanes) is 56. The Balaban J connectivity index is 3.37. The zero-order chi connectivity index (χ0) is 58.4. The molecule has 1 N–H and O–H groups in total. The maximum absolute atomic E-state index is 12.4. The Morgan fingerprint density at radius 3 is 0.741 bits per heavy atom. The van der Waals surface area contributed by atoms with Crippen molar-refractivity contribution < 1.29 is 24.2 Å². The standard InChI is InChI=1S/C76H144O5/c1-3-5-7-9-11-13-15-17-19-21-23-25-27-29-31-33-35-36-37-38-39-41-42-44-46-48-50-52-54-56-58-60-62-64-66-68-70-75(78)80-73-74(72-77)81-76(79)71-69-67-65-63-61-59-57-55-53-51-49-47-45-43-40-34-32-30-28-26-24-22-20-18-16-14-12-10-8-6-4-2/h16,18,22,24,28,30,74,77H,3-15,17,19-21,23,25-27,29,31-73H2,1-2H3/b18-16-,24-22-,30-28-. The molecule has 1 unspecified atom stereocenters. The summed E-state index contributed by atoms with van der Waals surface area (Å²) in [5.74, 6) is -0.566. The van der Waals surface area contributed by atoms with Crippen LogP contribution in [0, 0.1) is 0 Å². The van der Waals surface area contributed by atoms with E-state index in [0.717, 1.165) is 44.9 Å². The fourth-order valence-electron chi connectivity index (χ4n) is 11.6. The third-order valence-corrected chi connectivity index (χ3v) is 17.2. The van der Waals surface area contributed by atoms with E-state index in [2.05, 4.69) is 50.3 Å². The number of ether oxygens (including phenoxy) is 2. The van der Waals surface area contributed by atoms with Crippen LogP contribution < -0.4 is 0 Å². The summed E-state index contributed by atoms with van der Waals surface area (Å²) in [5.41, 5.74) is 0. The van der Waals surface area contributed by atoms with E-state index in [4.69, 9.17) is 9.47 Å². The second-order valence-corrected chi connectivity index (χ2v) is 25.4. The zero-order valence-corrected chi connectivity index (χ0v) is 55.1. The molecule has 81 heavy (non-hydrogen) atoms. The molecular formula is C76H144O5. The zero-order valence-electron chi connectivity index (χ0n) is 55.1. The minimum Gasteiger partial charge on any atom is -0.462 e. The monoisotopic (exact) mass is 1140 g/mol. The molecule has 0 saturated heterocycles. The molecule has 0 spiro atoms. The Morgan fingerprint density at radius 1 is 0.284 bits per heavy atom. The van der Waals surface area contributed by atoms with Gasteiger partial charge in [0, 0.05) is 12.8 Å². The number of carbonyl (C=O) groups excluding carboxylic acids is 2. The second kappa shape index (κ2) is 72.4. The normalized spacial score (nSPS) is 12.3. The van der Waals surface area contributed by atoms with E-state index in [9.17, 15) is 14.7 Å². The van der Waals surface area contributed by atoms with Crippen LogP contribution in [0.4, 0.5) is 0 Å². The summed E-state index contributed by atoms with van der Waals surface area (Å²) in [6.45, 7) is 4.20. The minimum atomic E-state index is -0.771. The number of carbonyl (C=O) groups is 2. The number of esters is 2. The van der Waals surface area contributed by atoms with Gasteiger partial charge in [-0.25, -0.2) is 0 Å². The van der Waals surface area contributed by atoms with Gasteiger partial charge in [0.05, 0.1) is 6.61 Å². The Labute approximate surface area is 507 Å². The highest BCUT2D eigenvalue weighted by Crippen LogP contribution is 2.20. The smallest absolute Gasteiger partial charge is 0.306 e. The fourth-order valence-corrected chi connectivity index (χ4v) is 11.6. The first-order chi connectivity index (χ1) is 40.1. The van der Waals surface area contributed by atoms with Crippen LogP contribution >= 0.6 is 0 Å². The Hall–Kier alpha value is -1.88. The van der Waals surface area contributed by atoms with Gasteiger partial charge in [0.15, 0.2) is 6.10 Å². The fraction of sp³-hybridized carbons (Fsp3) is 0.895. The third-order valence-electron chi connectivity index (χ3n) is 17.2. The molecule has 5 nitrogen and oxygen atoms in total. The van der Waals surface area contributed by atoms with Gasteiger partial charge in [-0.1, -0.05) is 391 Å². The first-order valence-electron chi connectivity index (χ1n) is 37.0. The first-order valence-corrected chi connectivity index (χ1v) is 37.0. The molecule has 0 aromatic carbocycles. The summed E-state index contributed by atoms with van der Waals surface area (Å²) < 4.78 is 10.8. The molecule has 0 saturated carbocycles. The average Bonchev–Trinajstić information content (AvgIpc) is 3.47. The lowest BCUT2D eigenvalue weighted by Crippen LogP contribution is -2.28. The number of hydrogen-bond acceptors (Lipinski definition) is 5. The Bertz CT molecular complexity index is 1290. The summed E-state index contributed by atoms with van der Waals surface area (Å²) in [6.07, 6.45) is 96.4. The Kier molecular flexibility index (Phi) is 70.7. The molecule has 5 heteroatoms. The van der Waals surface area contributed by atoms with E-state index in [-0.39, 0.29) is 25.2 Å². The van der Waals surface area contributed by atoms with E-state index >= 15 is 0 Å². The van der Waals surface area contributed by atoms with Crippen LogP contribution in [-0.4, -0.2) is 36.4 Å². The average molecular weight is 1140 g/mol. The van der Waals surface area contributed by atoms with Crippen molar-refractivity contribution in [1.82, 2.24) is 0 Å². The highest BCUT2D eigenvalue weighted by molar-refractivity contribution is 5.70. The predicted octanol–water partition coefficient (Wildman–Crippen LogP) is 25.7. The molecule has 478 valence electrons. The van der Waals surface area contributed by atoms with Gasteiger partial charge in [-0.05, 0) is 51.4 Å². The van der Waals surface area contributed by atoms with Crippen LogP contribution in [0.5, 0.6) is 0 Å². The number of aliphatic hydroxyl groups is 1. The van der Waals surface area contributed by atoms with Crippen LogP contribution in [0.2, 0.25) is 0 Å². The van der Waals surface area contributed by atoms with Crippen LogP contribution in [0.15, 0.2) is 36.5 Å². The quantitative estimate of drug-likeness (QED) is 0.0373. The predicted molar refractivity (Wildman–Crippen MR) is 358 cm³/mol. The summed E-state index contributed by atoms with van der Waals surface area (Å²) in [4.78, 5) is 24.7. The van der Waals surface area contributed by atoms with Gasteiger partial charge in [0.2, 0.25) is 0 Å². The van der Waals surface area contributed by atoms with Crippen molar-refractivity contribution >= 4 is 11.9 Å². The van der Waals surface area contributed by atoms with Crippen LogP contribution in [0.3, 0.4) is 0 Å². The molecule has 0 aliphatic carbocycles. The van der Waals surface area contributed by atoms with Crippen molar-refractivity contribution in [3.8, 4) is 0 Å². The van der Waals surface area contributed by atoms with Gasteiger partial charge in [0.25, 0.3) is 0 Å². The van der Waals surface area contributed by atoms with Crippen molar-refractivity contribution in [2.45, 2.75) is 424 Å². The van der Waals surface area contributed by atoms with Crippen LogP contribution in [0.25, 0.3) is 0 Å². The van der Waals surface area contributed by atoms with Crippen molar-refractivity contribution in [2.24, 2.45) is 0 Å². The van der Waals surface area contributed by atoms with Gasteiger partial charge in [-0.15, -0.1) is 0 Å². The largest absolute Gasteiger partial charge is 0.462 e. The third kappa shape index (κ3) is 70.5. The maximum atomic E-state index is 12.4. The van der Waals surface area contributed by atoms with Gasteiger partial charge in [-0.3, -0.25) is 9.59 Å². The lowest BCUT2D eigenvalue weighted by molar-refractivity contribution is -0.161. The SMILES string of the molecule is CCCCCCC/C=C\C/C=C\C/C=C\CCCCCCCCCCCCCCCCCCC(=O)OC(CO)COC(=O)CCCCCCCCCCCCCCCCCCCCCCCCCCCCCCCCCCCCCC. The summed E-state index contributed by atoms with van der Waals surface area (Å²) >= 11 is 0. The van der Waals surface area contributed by atoms with Gasteiger partial charge >= 0.3 is 11.9 Å². The highest BCUT2D eigenvalue weighted by Gasteiger charge is 2.16. The highest BCUT2D eigenvalue weighted by atomic mass is 16.6. The molecule has 0 aromatic rings. The van der Waals surface area contributed by atoms with E-state index < -0.39 is 6.10 Å². The molecule has 0 aromatic heterocycles. The summed E-state index contributed by atoms with van der Waals surface area (Å²) in [7, 11) is 0. The molecule has 1 atom stereocenters. The summed E-state index contributed by atoms with van der Waals surface area (Å²) in [5, 5.41) is 9.71. The van der Waals surface area contributed by atoms with Gasteiger partial charge in [-0.2, -0.15) is 0 Å². The van der Waals surface area contributed by atoms with E-state index in [1.807, 2.05) is 0 Å². The molecule has 0 bridgehead atoms. The second-order valence-electron chi connectivity index (χ2n) is 25.4. The minimum absolute atomic E-state index is 0.0595. The molecule has 0 rings (SSSR count). The van der Waals surface area contributed by atoms with Crippen LogP contribution in [-0.2, 0) is 19.1 Å². The molecule has 0 aliphatic rings. The Morgan fingerprint density at radius 2 is 0.494 bits per heavy atom. The molecule has 0 heterocycles. The topological polar surface area (TPSA) is 72.8 Å². The molecule has 0 fully saturated rings. The lowest BCUT2D eigenvalue weighted by Gasteiger charge is -2.15. The first kappa shape index (κ1) is 79.1. The number of allylic oxidation sites excluding steroid dienone is 6. The number of rotatable bonds is 70.